The van der Waals surface area contributed by atoms with Crippen LogP contribution >= 0.6 is 0 Å². The number of anilines is 3. The Balaban J connectivity index is 1.52. The van der Waals surface area contributed by atoms with Gasteiger partial charge in [-0.2, -0.15) is 18.3 Å². The van der Waals surface area contributed by atoms with Gasteiger partial charge in [-0.05, 0) is 49.2 Å². The lowest BCUT2D eigenvalue weighted by Crippen LogP contribution is -2.32. The summed E-state index contributed by atoms with van der Waals surface area (Å²) in [6, 6.07) is 10.7. The molecule has 12 heteroatoms. The van der Waals surface area contributed by atoms with E-state index >= 15 is 4.39 Å². The fourth-order valence-electron chi connectivity index (χ4n) is 4.46. The van der Waals surface area contributed by atoms with Crippen molar-refractivity contribution < 1.29 is 27.1 Å². The lowest BCUT2D eigenvalue weighted by atomic mass is 10.1. The minimum atomic E-state index is -4.69. The molecule has 0 saturated carbocycles. The monoisotopic (exact) mass is 540 g/mol. The number of alkyl halides is 3. The fraction of sp³-hybridized carbons (Fsp3) is 0.222. The fourth-order valence-corrected chi connectivity index (χ4v) is 4.46. The van der Waals surface area contributed by atoms with Gasteiger partial charge in [0.25, 0.3) is 0 Å². The summed E-state index contributed by atoms with van der Waals surface area (Å²) in [4.78, 5) is 19.5. The van der Waals surface area contributed by atoms with E-state index in [-0.39, 0.29) is 28.7 Å². The van der Waals surface area contributed by atoms with Crippen LogP contribution < -0.4 is 20.3 Å². The highest BCUT2D eigenvalue weighted by Gasteiger charge is 2.33. The number of aromatic nitrogens is 3. The van der Waals surface area contributed by atoms with Crippen LogP contribution in [0.25, 0.3) is 11.3 Å². The topological polar surface area (TPSA) is 89.5 Å². The van der Waals surface area contributed by atoms with Gasteiger partial charge in [-0.25, -0.2) is 14.2 Å². The van der Waals surface area contributed by atoms with Crippen LogP contribution in [0.15, 0.2) is 67.0 Å². The Hall–Kier alpha value is -4.61. The van der Waals surface area contributed by atoms with Crippen molar-refractivity contribution in [3.63, 3.8) is 0 Å². The standard InChI is InChI=1S/C27H24F4N6O2/c1-35-16-17(15-33-35)23-5-4-6-25(34-23)39-21-7-8-22(28)24(14-21)37(26(32)38)20-12-18(27(29,30)31)11-19(13-20)36-9-2-3-10-36/h4-8,11-16H,2-3,9-10H2,1H3,(H2,32,38). The van der Waals surface area contributed by atoms with Crippen molar-refractivity contribution in [3.05, 3.63) is 78.4 Å². The van der Waals surface area contributed by atoms with Crippen molar-refractivity contribution in [2.45, 2.75) is 19.0 Å². The Morgan fingerprint density at radius 2 is 1.85 bits per heavy atom. The molecule has 0 atom stereocenters. The summed E-state index contributed by atoms with van der Waals surface area (Å²) in [6.45, 7) is 1.14. The Morgan fingerprint density at radius 3 is 2.51 bits per heavy atom. The lowest BCUT2D eigenvalue weighted by molar-refractivity contribution is -0.137. The van der Waals surface area contributed by atoms with Gasteiger partial charge in [-0.3, -0.25) is 9.58 Å². The van der Waals surface area contributed by atoms with Crippen LogP contribution in [-0.2, 0) is 13.2 Å². The second kappa shape index (κ2) is 10.3. The van der Waals surface area contributed by atoms with Crippen molar-refractivity contribution in [1.29, 1.82) is 0 Å². The molecule has 1 saturated heterocycles. The number of hydrogen-bond acceptors (Lipinski definition) is 5. The molecule has 1 fully saturated rings. The van der Waals surface area contributed by atoms with Gasteiger partial charge in [-0.1, -0.05) is 6.07 Å². The van der Waals surface area contributed by atoms with Crippen LogP contribution in [0.3, 0.4) is 0 Å². The zero-order valence-corrected chi connectivity index (χ0v) is 20.8. The molecule has 2 aromatic heterocycles. The molecule has 8 nitrogen and oxygen atoms in total. The van der Waals surface area contributed by atoms with E-state index in [4.69, 9.17) is 10.5 Å². The number of nitrogens with two attached hydrogens (primary N) is 1. The Kier molecular flexibility index (Phi) is 6.85. The SMILES string of the molecule is Cn1cc(-c2cccc(Oc3ccc(F)c(N(C(N)=O)c4cc(N5CCCC5)cc(C(F)(F)F)c4)c3)n2)cn1. The number of urea groups is 1. The van der Waals surface area contributed by atoms with E-state index in [1.807, 2.05) is 0 Å². The average molecular weight is 541 g/mol. The summed E-state index contributed by atoms with van der Waals surface area (Å²) in [5.74, 6) is -0.603. The average Bonchev–Trinajstić information content (AvgIpc) is 3.58. The summed E-state index contributed by atoms with van der Waals surface area (Å²) in [6.07, 6.45) is 0.378. The number of primary amides is 1. The minimum Gasteiger partial charge on any atom is -0.439 e. The van der Waals surface area contributed by atoms with E-state index in [0.717, 1.165) is 36.6 Å². The normalized spacial score (nSPS) is 13.5. The van der Waals surface area contributed by atoms with Crippen LogP contribution in [-0.4, -0.2) is 33.9 Å². The third-order valence-corrected chi connectivity index (χ3v) is 6.28. The van der Waals surface area contributed by atoms with E-state index in [0.29, 0.717) is 23.7 Å². The Labute approximate surface area is 221 Å². The van der Waals surface area contributed by atoms with Crippen LogP contribution in [0, 0.1) is 5.82 Å². The minimum absolute atomic E-state index is 0.0974. The van der Waals surface area contributed by atoms with Crippen molar-refractivity contribution in [1.82, 2.24) is 14.8 Å². The maximum atomic E-state index is 15.1. The summed E-state index contributed by atoms with van der Waals surface area (Å²) < 4.78 is 63.9. The zero-order chi connectivity index (χ0) is 27.7. The number of carbonyl (C=O) groups excluding carboxylic acids is 1. The van der Waals surface area contributed by atoms with Gasteiger partial charge in [0.2, 0.25) is 5.88 Å². The van der Waals surface area contributed by atoms with Crippen molar-refractivity contribution in [2.75, 3.05) is 22.9 Å². The Bertz CT molecular complexity index is 1510. The first-order valence-corrected chi connectivity index (χ1v) is 12.1. The molecule has 0 spiro atoms. The largest absolute Gasteiger partial charge is 0.439 e. The highest BCUT2D eigenvalue weighted by atomic mass is 19.4. The van der Waals surface area contributed by atoms with Crippen molar-refractivity contribution >= 4 is 23.1 Å². The van der Waals surface area contributed by atoms with Crippen LogP contribution in [0.5, 0.6) is 11.6 Å². The molecule has 0 radical (unpaired) electrons. The van der Waals surface area contributed by atoms with Crippen molar-refractivity contribution in [2.24, 2.45) is 12.8 Å². The smallest absolute Gasteiger partial charge is 0.416 e. The van der Waals surface area contributed by atoms with Crippen LogP contribution in [0.1, 0.15) is 18.4 Å². The number of halogens is 4. The molecule has 1 aliphatic heterocycles. The van der Waals surface area contributed by atoms with Crippen LogP contribution in [0.4, 0.5) is 39.4 Å². The summed E-state index contributed by atoms with van der Waals surface area (Å²) >= 11 is 0. The molecule has 3 heterocycles. The number of carbonyl (C=O) groups is 1. The number of benzene rings is 2. The molecule has 0 bridgehead atoms. The number of aryl methyl sites for hydroxylation is 1. The second-order valence-corrected chi connectivity index (χ2v) is 9.08. The number of ether oxygens (including phenoxy) is 1. The number of rotatable bonds is 6. The third kappa shape index (κ3) is 5.64. The van der Waals surface area contributed by atoms with Gasteiger partial charge in [0, 0.05) is 49.7 Å². The first kappa shape index (κ1) is 26.0. The molecular weight excluding hydrogens is 516 g/mol. The summed E-state index contributed by atoms with van der Waals surface area (Å²) in [7, 11) is 1.77. The summed E-state index contributed by atoms with van der Waals surface area (Å²) in [5.41, 5.74) is 5.64. The van der Waals surface area contributed by atoms with Gasteiger partial charge >= 0.3 is 12.2 Å². The predicted molar refractivity (Wildman–Crippen MR) is 138 cm³/mol. The maximum absolute atomic E-state index is 15.1. The second-order valence-electron chi connectivity index (χ2n) is 9.08. The first-order chi connectivity index (χ1) is 18.6. The number of nitrogens with zero attached hydrogens (tertiary/aromatic N) is 5. The lowest BCUT2D eigenvalue weighted by Gasteiger charge is -2.26. The quantitative estimate of drug-likeness (QED) is 0.292. The molecule has 2 amide bonds. The molecule has 202 valence electrons. The zero-order valence-electron chi connectivity index (χ0n) is 20.8. The van der Waals surface area contributed by atoms with Gasteiger partial charge in [0.05, 0.1) is 28.8 Å². The highest BCUT2D eigenvalue weighted by Crippen LogP contribution is 2.40. The van der Waals surface area contributed by atoms with E-state index in [2.05, 4.69) is 10.1 Å². The highest BCUT2D eigenvalue weighted by molar-refractivity contribution is 5.99. The van der Waals surface area contributed by atoms with Crippen LogP contribution in [0.2, 0.25) is 0 Å². The number of amides is 2. The first-order valence-electron chi connectivity index (χ1n) is 12.1. The number of hydrogen-bond donors (Lipinski definition) is 1. The molecule has 4 aromatic rings. The van der Waals surface area contributed by atoms with Crippen molar-refractivity contribution in [3.8, 4) is 22.9 Å². The molecule has 2 aromatic carbocycles. The van der Waals surface area contributed by atoms with Gasteiger partial charge in [-0.15, -0.1) is 0 Å². The summed E-state index contributed by atoms with van der Waals surface area (Å²) in [5, 5.41) is 4.12. The predicted octanol–water partition coefficient (Wildman–Crippen LogP) is 6.25. The van der Waals surface area contributed by atoms with E-state index < -0.39 is 23.6 Å². The molecular formula is C27H24F4N6O2. The van der Waals surface area contributed by atoms with E-state index in [9.17, 15) is 18.0 Å². The maximum Gasteiger partial charge on any atom is 0.416 e. The van der Waals surface area contributed by atoms with Gasteiger partial charge < -0.3 is 15.4 Å². The van der Waals surface area contributed by atoms with Gasteiger partial charge in [0.1, 0.15) is 11.6 Å². The number of pyridine rings is 1. The third-order valence-electron chi connectivity index (χ3n) is 6.28. The molecule has 1 aliphatic rings. The molecule has 0 unspecified atom stereocenters. The Morgan fingerprint density at radius 1 is 1.08 bits per heavy atom. The molecule has 39 heavy (non-hydrogen) atoms. The van der Waals surface area contributed by atoms with E-state index in [1.54, 1.807) is 47.2 Å². The van der Waals surface area contributed by atoms with Gasteiger partial charge in [0.15, 0.2) is 0 Å². The molecule has 5 rings (SSSR count). The van der Waals surface area contributed by atoms with E-state index in [1.165, 1.54) is 18.2 Å². The molecule has 2 N–H and O–H groups in total. The molecule has 0 aliphatic carbocycles.